The first-order valence-electron chi connectivity index (χ1n) is 10.7. The highest BCUT2D eigenvalue weighted by Crippen LogP contribution is 2.27. The van der Waals surface area contributed by atoms with Gasteiger partial charge in [-0.25, -0.2) is 0 Å². The number of benzene rings is 1. The minimum absolute atomic E-state index is 0. The second kappa shape index (κ2) is 12.2. The molecule has 4 nitrogen and oxygen atoms in total. The van der Waals surface area contributed by atoms with Crippen LogP contribution in [0.15, 0.2) is 66.7 Å². The van der Waals surface area contributed by atoms with Crippen LogP contribution in [-0.4, -0.2) is 23.1 Å². The van der Waals surface area contributed by atoms with Gasteiger partial charge in [-0.15, -0.1) is 0 Å². The largest absolute Gasteiger partial charge is 0.381 e. The number of fused-ring (bicyclic) bond motifs is 1. The lowest BCUT2D eigenvalue weighted by Crippen LogP contribution is -2.21. The molecule has 3 rings (SSSR count). The van der Waals surface area contributed by atoms with Gasteiger partial charge in [-0.1, -0.05) is 44.2 Å². The van der Waals surface area contributed by atoms with E-state index in [2.05, 4.69) is 66.3 Å². The maximum absolute atomic E-state index is 4.32. The highest BCUT2D eigenvalue weighted by atomic mass is 14.9. The Morgan fingerprint density at radius 2 is 2.00 bits per heavy atom. The zero-order valence-corrected chi connectivity index (χ0v) is 18.4. The number of hydrogen-bond acceptors (Lipinski definition) is 4. The van der Waals surface area contributed by atoms with Gasteiger partial charge in [0.05, 0.1) is 11.0 Å². The van der Waals surface area contributed by atoms with E-state index in [0.29, 0.717) is 0 Å². The Hall–Kier alpha value is -2.46. The molecule has 1 aromatic heterocycles. The molecule has 1 aromatic carbocycles. The molecule has 2 atom stereocenters. The van der Waals surface area contributed by atoms with Crippen LogP contribution in [0.25, 0.3) is 11.0 Å². The minimum atomic E-state index is 0. The van der Waals surface area contributed by atoms with Crippen LogP contribution < -0.4 is 10.6 Å². The van der Waals surface area contributed by atoms with Crippen molar-refractivity contribution in [2.24, 2.45) is 5.92 Å². The summed E-state index contributed by atoms with van der Waals surface area (Å²) in [6.45, 7) is 10.9. The van der Waals surface area contributed by atoms with Crippen molar-refractivity contribution >= 4 is 11.0 Å². The molecular weight excluding hydrogens is 356 g/mol. The van der Waals surface area contributed by atoms with Gasteiger partial charge in [-0.05, 0) is 69.3 Å². The average Bonchev–Trinajstić information content (AvgIpc) is 3.23. The van der Waals surface area contributed by atoms with Crippen molar-refractivity contribution in [2.45, 2.75) is 59.0 Å². The maximum atomic E-state index is 4.32. The second-order valence-electron chi connectivity index (χ2n) is 7.59. The summed E-state index contributed by atoms with van der Waals surface area (Å²) in [5.41, 5.74) is 5.31. The van der Waals surface area contributed by atoms with E-state index in [9.17, 15) is 0 Å². The summed E-state index contributed by atoms with van der Waals surface area (Å²) in [7, 11) is 2.07. The normalized spacial score (nSPS) is 19.6. The van der Waals surface area contributed by atoms with Gasteiger partial charge in [-0.2, -0.15) is 0 Å². The van der Waals surface area contributed by atoms with Crippen molar-refractivity contribution in [2.75, 3.05) is 7.05 Å². The van der Waals surface area contributed by atoms with Gasteiger partial charge in [0, 0.05) is 33.5 Å². The number of nitrogens with zero attached hydrogens (tertiary/aromatic N) is 2. The van der Waals surface area contributed by atoms with Gasteiger partial charge in [0.2, 0.25) is 0 Å². The van der Waals surface area contributed by atoms with Crippen molar-refractivity contribution in [1.82, 2.24) is 20.6 Å². The highest BCUT2D eigenvalue weighted by Gasteiger charge is 2.21. The topological polar surface area (TPSA) is 49.8 Å². The number of rotatable bonds is 7. The quantitative estimate of drug-likeness (QED) is 0.561. The Balaban J connectivity index is 0.000000695. The third-order valence-electron chi connectivity index (χ3n) is 5.62. The number of aromatic nitrogens is 2. The molecule has 160 valence electrons. The van der Waals surface area contributed by atoms with E-state index in [1.54, 1.807) is 18.5 Å². The Morgan fingerprint density at radius 3 is 2.59 bits per heavy atom. The zero-order chi connectivity index (χ0) is 21.1. The van der Waals surface area contributed by atoms with Gasteiger partial charge in [0.1, 0.15) is 0 Å². The molecule has 0 amide bonds. The van der Waals surface area contributed by atoms with Crippen LogP contribution in [0.1, 0.15) is 54.9 Å². The van der Waals surface area contributed by atoms with Crippen LogP contribution in [0.5, 0.6) is 0 Å². The fourth-order valence-corrected chi connectivity index (χ4v) is 3.76. The fourth-order valence-electron chi connectivity index (χ4n) is 3.76. The van der Waals surface area contributed by atoms with Crippen molar-refractivity contribution in [1.29, 1.82) is 0 Å². The van der Waals surface area contributed by atoms with Gasteiger partial charge in [0.15, 0.2) is 0 Å². The maximum Gasteiger partial charge on any atom is 0.0890 e. The van der Waals surface area contributed by atoms with Crippen LogP contribution in [0.2, 0.25) is 0 Å². The first-order valence-corrected chi connectivity index (χ1v) is 10.7. The Morgan fingerprint density at radius 1 is 1.24 bits per heavy atom. The Bertz CT molecular complexity index is 838. The SMILES string of the molecule is C=C/C=C(C)\C(=C/C)NCc1ccc2nccnc2c1.CCC1CCC(NC)C1.[HH].[HH]. The lowest BCUT2D eigenvalue weighted by molar-refractivity contribution is 0.499. The zero-order valence-electron chi connectivity index (χ0n) is 18.4. The summed E-state index contributed by atoms with van der Waals surface area (Å²) >= 11 is 0. The standard InChI is InChI=1S/C17H19N3.C8H17N.2H2/c1-4-6-13(3)15(5-2)20-12-14-7-8-16-17(11-14)19-10-9-18-16;1-3-7-4-5-8(6-7)9-2;;/h4-11,20H,1,12H2,2-3H3;7-9H,3-6H2,1-2H3;2*1H/b13-6-,15-5+;;;. The van der Waals surface area contributed by atoms with Gasteiger partial charge in [-0.3, -0.25) is 9.97 Å². The number of allylic oxidation sites excluding steroid dienone is 4. The van der Waals surface area contributed by atoms with Crippen molar-refractivity contribution in [3.05, 3.63) is 72.2 Å². The van der Waals surface area contributed by atoms with Gasteiger partial charge in [0.25, 0.3) is 0 Å². The molecule has 1 aliphatic rings. The predicted molar refractivity (Wildman–Crippen MR) is 129 cm³/mol. The van der Waals surface area contributed by atoms with Gasteiger partial charge < -0.3 is 10.6 Å². The molecule has 1 saturated carbocycles. The van der Waals surface area contributed by atoms with Crippen LogP contribution >= 0.6 is 0 Å². The van der Waals surface area contributed by atoms with E-state index < -0.39 is 0 Å². The van der Waals surface area contributed by atoms with Crippen LogP contribution in [0.4, 0.5) is 0 Å². The second-order valence-corrected chi connectivity index (χ2v) is 7.59. The summed E-state index contributed by atoms with van der Waals surface area (Å²) in [6, 6.07) is 6.97. The van der Waals surface area contributed by atoms with E-state index >= 15 is 0 Å². The van der Waals surface area contributed by atoms with Gasteiger partial charge >= 0.3 is 0 Å². The lowest BCUT2D eigenvalue weighted by atomic mass is 10.1. The molecule has 2 N–H and O–H groups in total. The molecule has 0 aliphatic heterocycles. The minimum Gasteiger partial charge on any atom is -0.381 e. The molecule has 2 unspecified atom stereocenters. The third-order valence-corrected chi connectivity index (χ3v) is 5.62. The van der Waals surface area contributed by atoms with E-state index in [1.165, 1.54) is 36.8 Å². The summed E-state index contributed by atoms with van der Waals surface area (Å²) in [4.78, 5) is 8.60. The lowest BCUT2D eigenvalue weighted by Gasteiger charge is -2.11. The molecule has 2 aromatic rings. The van der Waals surface area contributed by atoms with E-state index in [1.807, 2.05) is 19.1 Å². The number of nitrogens with one attached hydrogen (secondary N) is 2. The first-order chi connectivity index (χ1) is 14.1. The smallest absolute Gasteiger partial charge is 0.0890 e. The van der Waals surface area contributed by atoms with Crippen molar-refractivity contribution in [3.8, 4) is 0 Å². The fraction of sp³-hybridized carbons (Fsp3) is 0.440. The average molecular weight is 397 g/mol. The molecule has 1 fully saturated rings. The Labute approximate surface area is 179 Å². The summed E-state index contributed by atoms with van der Waals surface area (Å²) in [6.07, 6.45) is 14.9. The Kier molecular flexibility index (Phi) is 9.58. The molecule has 29 heavy (non-hydrogen) atoms. The van der Waals surface area contributed by atoms with Crippen molar-refractivity contribution in [3.63, 3.8) is 0 Å². The van der Waals surface area contributed by atoms with E-state index in [-0.39, 0.29) is 2.85 Å². The third kappa shape index (κ3) is 7.13. The molecule has 0 spiro atoms. The summed E-state index contributed by atoms with van der Waals surface area (Å²) in [5.74, 6) is 1.02. The first kappa shape index (κ1) is 22.8. The molecule has 1 aliphatic carbocycles. The van der Waals surface area contributed by atoms with Crippen molar-refractivity contribution < 1.29 is 2.85 Å². The summed E-state index contributed by atoms with van der Waals surface area (Å²) in [5, 5.41) is 6.76. The monoisotopic (exact) mass is 396 g/mol. The highest BCUT2D eigenvalue weighted by molar-refractivity contribution is 5.74. The van der Waals surface area contributed by atoms with Crippen LogP contribution in [-0.2, 0) is 6.54 Å². The van der Waals surface area contributed by atoms with E-state index in [4.69, 9.17) is 0 Å². The van der Waals surface area contributed by atoms with Crippen LogP contribution in [0, 0.1) is 5.92 Å². The summed E-state index contributed by atoms with van der Waals surface area (Å²) < 4.78 is 0. The molecule has 4 heteroatoms. The molecule has 0 radical (unpaired) electrons. The number of hydrogen-bond donors (Lipinski definition) is 2. The van der Waals surface area contributed by atoms with Crippen LogP contribution in [0.3, 0.4) is 0 Å². The predicted octanol–water partition coefficient (Wildman–Crippen LogP) is 6.03. The van der Waals surface area contributed by atoms with E-state index in [0.717, 1.165) is 35.2 Å². The molecule has 0 saturated heterocycles. The molecular formula is C25H40N4. The molecule has 0 bridgehead atoms. The molecule has 1 heterocycles.